The Kier molecular flexibility index (Phi) is 2.65. The zero-order valence-corrected chi connectivity index (χ0v) is 8.27. The standard InChI is InChI=1S/C6H11O8P/c7-1-2(8)6-4(10)3(9)5(1)13-15(11,12)14-6/h1-10H,(H,11,12)/t1-,2-,3-,4+,5?,6?/m1/s1. The van der Waals surface area contributed by atoms with Crippen molar-refractivity contribution in [1.82, 2.24) is 0 Å². The number of hydrogen-bond acceptors (Lipinski definition) is 7. The first kappa shape index (κ1) is 11.4. The molecule has 0 radical (unpaired) electrons. The largest absolute Gasteiger partial charge is 0.473 e. The van der Waals surface area contributed by atoms with E-state index < -0.39 is 44.4 Å². The number of rotatable bonds is 0. The minimum absolute atomic E-state index is 1.55. The van der Waals surface area contributed by atoms with Crippen molar-refractivity contribution in [2.45, 2.75) is 36.6 Å². The topological polar surface area (TPSA) is 137 Å². The molecule has 15 heavy (non-hydrogen) atoms. The molecule has 8 nitrogen and oxygen atoms in total. The highest BCUT2D eigenvalue weighted by molar-refractivity contribution is 7.47. The van der Waals surface area contributed by atoms with Gasteiger partial charge in [0.2, 0.25) is 0 Å². The fourth-order valence-corrected chi connectivity index (χ4v) is 2.93. The number of aliphatic hydroxyl groups excluding tert-OH is 4. The molecule has 0 aromatic carbocycles. The van der Waals surface area contributed by atoms with Crippen molar-refractivity contribution in [3.05, 3.63) is 0 Å². The van der Waals surface area contributed by atoms with Crippen LogP contribution in [0.3, 0.4) is 0 Å². The molecule has 3 fully saturated rings. The van der Waals surface area contributed by atoms with Crippen LogP contribution in [0, 0.1) is 0 Å². The summed E-state index contributed by atoms with van der Waals surface area (Å²) in [5.41, 5.74) is 0. The van der Waals surface area contributed by atoms with Gasteiger partial charge in [-0.25, -0.2) is 4.57 Å². The molecule has 3 aliphatic rings. The number of hydrogen-bond donors (Lipinski definition) is 5. The van der Waals surface area contributed by atoms with E-state index >= 15 is 0 Å². The van der Waals surface area contributed by atoms with Crippen LogP contribution in [-0.2, 0) is 13.6 Å². The second-order valence-corrected chi connectivity index (χ2v) is 4.93. The van der Waals surface area contributed by atoms with Crippen LogP contribution in [0.5, 0.6) is 0 Å². The monoisotopic (exact) mass is 242 g/mol. The molecule has 2 saturated heterocycles. The van der Waals surface area contributed by atoms with Crippen molar-refractivity contribution in [1.29, 1.82) is 0 Å². The van der Waals surface area contributed by atoms with Crippen molar-refractivity contribution >= 4 is 7.82 Å². The quantitative estimate of drug-likeness (QED) is 0.290. The lowest BCUT2D eigenvalue weighted by molar-refractivity contribution is -0.189. The maximum absolute atomic E-state index is 11.2. The summed E-state index contributed by atoms with van der Waals surface area (Å²) in [6.07, 6.45) is -9.45. The van der Waals surface area contributed by atoms with E-state index in [1.807, 2.05) is 0 Å². The molecule has 2 heterocycles. The molecule has 2 aliphatic heterocycles. The van der Waals surface area contributed by atoms with Gasteiger partial charge in [-0.2, -0.15) is 0 Å². The maximum atomic E-state index is 11.2. The molecule has 9 heteroatoms. The lowest BCUT2D eigenvalue weighted by Gasteiger charge is -2.38. The normalized spacial score (nSPS) is 60.3. The van der Waals surface area contributed by atoms with Crippen molar-refractivity contribution in [3.63, 3.8) is 0 Å². The van der Waals surface area contributed by atoms with E-state index in [4.69, 9.17) is 4.89 Å². The summed E-state index contributed by atoms with van der Waals surface area (Å²) in [7, 11) is -4.47. The molecule has 0 spiro atoms. The fourth-order valence-electron chi connectivity index (χ4n) is 1.76. The molecule has 0 aromatic heterocycles. The lowest BCUT2D eigenvalue weighted by Crippen LogP contribution is -2.62. The fraction of sp³-hybridized carbons (Fsp3) is 1.00. The van der Waals surface area contributed by atoms with Crippen molar-refractivity contribution in [2.75, 3.05) is 0 Å². The SMILES string of the molecule is O=P1(O)OC2[C@@H](O)[C@@H](O)C(O1)[C@H](O)[C@H]2O. The third-order valence-corrected chi connectivity index (χ3v) is 3.58. The Morgan fingerprint density at radius 2 is 1.07 bits per heavy atom. The van der Waals surface area contributed by atoms with Crippen molar-refractivity contribution in [2.24, 2.45) is 0 Å². The van der Waals surface area contributed by atoms with Crippen LogP contribution >= 0.6 is 7.82 Å². The molecular weight excluding hydrogens is 231 g/mol. The van der Waals surface area contributed by atoms with Crippen LogP contribution in [-0.4, -0.2) is 61.9 Å². The third-order valence-electron chi connectivity index (χ3n) is 2.56. The average molecular weight is 242 g/mol. The van der Waals surface area contributed by atoms with Gasteiger partial charge in [0.05, 0.1) is 0 Å². The van der Waals surface area contributed by atoms with Gasteiger partial charge in [0.25, 0.3) is 0 Å². The molecule has 88 valence electrons. The maximum Gasteiger partial charge on any atom is 0.473 e. The van der Waals surface area contributed by atoms with E-state index in [9.17, 15) is 25.0 Å². The molecule has 1 saturated carbocycles. The molecule has 0 amide bonds. The van der Waals surface area contributed by atoms with E-state index in [1.165, 1.54) is 0 Å². The Morgan fingerprint density at radius 1 is 0.800 bits per heavy atom. The van der Waals surface area contributed by atoms with Gasteiger partial charge in [0, 0.05) is 0 Å². The zero-order chi connectivity index (χ0) is 11.4. The minimum Gasteiger partial charge on any atom is -0.387 e. The minimum atomic E-state index is -4.47. The molecule has 3 unspecified atom stereocenters. The van der Waals surface area contributed by atoms with Gasteiger partial charge in [-0.1, -0.05) is 0 Å². The van der Waals surface area contributed by atoms with Gasteiger partial charge in [-0.05, 0) is 0 Å². The van der Waals surface area contributed by atoms with Crippen LogP contribution < -0.4 is 0 Å². The summed E-state index contributed by atoms with van der Waals surface area (Å²) >= 11 is 0. The summed E-state index contributed by atoms with van der Waals surface area (Å²) in [6, 6.07) is 0. The first-order chi connectivity index (χ1) is 6.83. The Hall–Kier alpha value is -0.0500. The molecule has 3 rings (SSSR count). The van der Waals surface area contributed by atoms with Gasteiger partial charge >= 0.3 is 7.82 Å². The Bertz CT molecular complexity index is 266. The van der Waals surface area contributed by atoms with E-state index in [-0.39, 0.29) is 0 Å². The first-order valence-corrected chi connectivity index (χ1v) is 5.75. The average Bonchev–Trinajstić information content (AvgIpc) is 2.29. The zero-order valence-electron chi connectivity index (χ0n) is 7.37. The third kappa shape index (κ3) is 1.73. The van der Waals surface area contributed by atoms with E-state index in [1.54, 1.807) is 0 Å². The Labute approximate surface area is 84.3 Å². The second-order valence-electron chi connectivity index (χ2n) is 3.57. The summed E-state index contributed by atoms with van der Waals surface area (Å²) < 4.78 is 20.0. The molecule has 7 atom stereocenters. The molecule has 1 aliphatic carbocycles. The van der Waals surface area contributed by atoms with Crippen LogP contribution in [0.2, 0.25) is 0 Å². The van der Waals surface area contributed by atoms with Crippen LogP contribution in [0.4, 0.5) is 0 Å². The van der Waals surface area contributed by atoms with Crippen LogP contribution in [0.25, 0.3) is 0 Å². The number of fused-ring (bicyclic) bond motifs is 4. The van der Waals surface area contributed by atoms with Gasteiger partial charge in [0.15, 0.2) is 0 Å². The highest BCUT2D eigenvalue weighted by atomic mass is 31.2. The smallest absolute Gasteiger partial charge is 0.387 e. The van der Waals surface area contributed by atoms with Crippen LogP contribution in [0.1, 0.15) is 0 Å². The van der Waals surface area contributed by atoms with Gasteiger partial charge in [-0.3, -0.25) is 9.05 Å². The van der Waals surface area contributed by atoms with E-state index in [2.05, 4.69) is 9.05 Å². The molecule has 5 N–H and O–H groups in total. The first-order valence-electron chi connectivity index (χ1n) is 4.25. The van der Waals surface area contributed by atoms with E-state index in [0.717, 1.165) is 0 Å². The summed E-state index contributed by atoms with van der Waals surface area (Å²) in [5.74, 6) is 0. The number of phosphoric acid groups is 1. The summed E-state index contributed by atoms with van der Waals surface area (Å²) in [5, 5.41) is 37.6. The Morgan fingerprint density at radius 3 is 1.33 bits per heavy atom. The number of phosphoric ester groups is 1. The summed E-state index contributed by atoms with van der Waals surface area (Å²) in [6.45, 7) is 0. The van der Waals surface area contributed by atoms with E-state index in [0.29, 0.717) is 0 Å². The Balaban J connectivity index is 2.39. The highest BCUT2D eigenvalue weighted by Crippen LogP contribution is 2.53. The van der Waals surface area contributed by atoms with Crippen molar-refractivity contribution < 1.29 is 38.9 Å². The van der Waals surface area contributed by atoms with Crippen molar-refractivity contribution in [3.8, 4) is 0 Å². The predicted octanol–water partition coefficient (Wildman–Crippen LogP) is -2.67. The lowest BCUT2D eigenvalue weighted by atomic mass is 9.85. The molecule has 2 bridgehead atoms. The highest BCUT2D eigenvalue weighted by Gasteiger charge is 2.57. The van der Waals surface area contributed by atoms with Gasteiger partial charge in [0.1, 0.15) is 36.6 Å². The summed E-state index contributed by atoms with van der Waals surface area (Å²) in [4.78, 5) is 9.07. The predicted molar refractivity (Wildman–Crippen MR) is 43.6 cm³/mol. The van der Waals surface area contributed by atoms with Crippen LogP contribution in [0.15, 0.2) is 0 Å². The van der Waals surface area contributed by atoms with Gasteiger partial charge < -0.3 is 25.3 Å². The number of aliphatic hydroxyl groups is 4. The molecule has 0 aromatic rings. The molecular formula is C6H11O8P. The second kappa shape index (κ2) is 3.47. The van der Waals surface area contributed by atoms with Gasteiger partial charge in [-0.15, -0.1) is 0 Å².